The minimum atomic E-state index is -0.461. The van der Waals surface area contributed by atoms with E-state index < -0.39 is 5.63 Å². The molecule has 5 aromatic rings. The standard InChI is InChI=1S/C26H16N2O3S/c1-16-6-8-17(9-7-16)24-11-10-20(30-24)12-19(14-27)25-28-22(15-32-25)21-13-18-4-2-3-5-23(18)31-26(21)29/h2-13,15H,1H3/b19-12+. The highest BCUT2D eigenvalue weighted by atomic mass is 32.1. The Morgan fingerprint density at radius 3 is 2.69 bits per heavy atom. The fourth-order valence-electron chi connectivity index (χ4n) is 3.35. The Kier molecular flexibility index (Phi) is 5.02. The number of hydrogen-bond acceptors (Lipinski definition) is 6. The van der Waals surface area contributed by atoms with Crippen molar-refractivity contribution in [2.24, 2.45) is 0 Å². The molecule has 5 nitrogen and oxygen atoms in total. The molecule has 0 radical (unpaired) electrons. The first-order chi connectivity index (χ1) is 15.6. The van der Waals surface area contributed by atoms with Gasteiger partial charge < -0.3 is 8.83 Å². The van der Waals surface area contributed by atoms with Gasteiger partial charge in [0.05, 0.1) is 16.8 Å². The summed E-state index contributed by atoms with van der Waals surface area (Å²) in [5.74, 6) is 1.28. The van der Waals surface area contributed by atoms with Crippen molar-refractivity contribution in [3.63, 3.8) is 0 Å². The van der Waals surface area contributed by atoms with Crippen molar-refractivity contribution in [1.29, 1.82) is 5.26 Å². The molecular weight excluding hydrogens is 420 g/mol. The Morgan fingerprint density at radius 1 is 1.06 bits per heavy atom. The number of fused-ring (bicyclic) bond motifs is 1. The second-order valence-electron chi connectivity index (χ2n) is 7.26. The molecule has 2 aromatic carbocycles. The van der Waals surface area contributed by atoms with Gasteiger partial charge in [-0.2, -0.15) is 5.26 Å². The summed E-state index contributed by atoms with van der Waals surface area (Å²) in [6, 6.07) is 23.0. The maximum absolute atomic E-state index is 12.4. The van der Waals surface area contributed by atoms with Gasteiger partial charge in [-0.1, -0.05) is 48.0 Å². The largest absolute Gasteiger partial charge is 0.457 e. The molecule has 0 N–H and O–H groups in total. The van der Waals surface area contributed by atoms with Crippen LogP contribution in [0.15, 0.2) is 85.7 Å². The topological polar surface area (TPSA) is 80.0 Å². The van der Waals surface area contributed by atoms with Gasteiger partial charge in [0.15, 0.2) is 0 Å². The number of aromatic nitrogens is 1. The molecular formula is C26H16N2O3S. The highest BCUT2D eigenvalue weighted by Crippen LogP contribution is 2.29. The first-order valence-corrected chi connectivity index (χ1v) is 10.8. The predicted octanol–water partition coefficient (Wildman–Crippen LogP) is 6.55. The molecule has 0 saturated carbocycles. The number of aryl methyl sites for hydroxylation is 1. The number of para-hydroxylation sites is 1. The molecule has 6 heteroatoms. The zero-order valence-corrected chi connectivity index (χ0v) is 17.8. The van der Waals surface area contributed by atoms with Gasteiger partial charge in [0.25, 0.3) is 0 Å². The van der Waals surface area contributed by atoms with E-state index in [9.17, 15) is 10.1 Å². The van der Waals surface area contributed by atoms with Gasteiger partial charge in [-0.25, -0.2) is 9.78 Å². The minimum absolute atomic E-state index is 0.358. The van der Waals surface area contributed by atoms with Crippen molar-refractivity contribution in [3.05, 3.63) is 98.9 Å². The Balaban J connectivity index is 1.47. The first kappa shape index (κ1) is 19.7. The molecule has 0 amide bonds. The molecule has 0 fully saturated rings. The van der Waals surface area contributed by atoms with Crippen LogP contribution in [0.4, 0.5) is 0 Å². The number of nitrogens with zero attached hydrogens (tertiary/aromatic N) is 2. The molecule has 0 unspecified atom stereocenters. The molecule has 0 spiro atoms. The molecule has 32 heavy (non-hydrogen) atoms. The summed E-state index contributed by atoms with van der Waals surface area (Å²) < 4.78 is 11.3. The van der Waals surface area contributed by atoms with E-state index in [0.717, 1.165) is 16.7 Å². The lowest BCUT2D eigenvalue weighted by Crippen LogP contribution is -2.02. The highest BCUT2D eigenvalue weighted by molar-refractivity contribution is 7.11. The molecule has 5 rings (SSSR count). The Bertz CT molecular complexity index is 1560. The lowest BCUT2D eigenvalue weighted by atomic mass is 10.1. The zero-order valence-electron chi connectivity index (χ0n) is 17.0. The highest BCUT2D eigenvalue weighted by Gasteiger charge is 2.14. The number of allylic oxidation sites excluding steroid dienone is 1. The zero-order chi connectivity index (χ0) is 22.1. The van der Waals surface area contributed by atoms with Gasteiger partial charge >= 0.3 is 5.63 Å². The molecule has 3 aromatic heterocycles. The summed E-state index contributed by atoms with van der Waals surface area (Å²) in [6.07, 6.45) is 1.66. The van der Waals surface area contributed by atoms with Crippen LogP contribution in [0.2, 0.25) is 0 Å². The van der Waals surface area contributed by atoms with Gasteiger partial charge in [-0.05, 0) is 31.2 Å². The summed E-state index contributed by atoms with van der Waals surface area (Å²) in [5, 5.41) is 12.8. The summed E-state index contributed by atoms with van der Waals surface area (Å²) in [7, 11) is 0. The fourth-order valence-corrected chi connectivity index (χ4v) is 4.13. The smallest absolute Gasteiger partial charge is 0.345 e. The minimum Gasteiger partial charge on any atom is -0.457 e. The van der Waals surface area contributed by atoms with Crippen LogP contribution in [0, 0.1) is 18.3 Å². The van der Waals surface area contributed by atoms with Crippen LogP contribution in [0.25, 0.3) is 45.2 Å². The van der Waals surface area contributed by atoms with Crippen LogP contribution in [0.3, 0.4) is 0 Å². The summed E-state index contributed by atoms with van der Waals surface area (Å²) in [5.41, 5.74) is 3.40. The number of thiazole rings is 1. The summed E-state index contributed by atoms with van der Waals surface area (Å²) in [6.45, 7) is 2.03. The van der Waals surface area contributed by atoms with Gasteiger partial charge in [0.1, 0.15) is 28.2 Å². The monoisotopic (exact) mass is 436 g/mol. The molecule has 0 aliphatic rings. The second-order valence-corrected chi connectivity index (χ2v) is 8.12. The van der Waals surface area contributed by atoms with Crippen LogP contribution in [0.1, 0.15) is 16.3 Å². The van der Waals surface area contributed by atoms with Crippen LogP contribution in [0.5, 0.6) is 0 Å². The number of furan rings is 1. The summed E-state index contributed by atoms with van der Waals surface area (Å²) >= 11 is 1.29. The molecule has 0 aliphatic carbocycles. The van der Waals surface area contributed by atoms with E-state index in [1.54, 1.807) is 23.6 Å². The van der Waals surface area contributed by atoms with E-state index in [1.807, 2.05) is 61.5 Å². The maximum atomic E-state index is 12.4. The van der Waals surface area contributed by atoms with Crippen molar-refractivity contribution in [2.75, 3.05) is 0 Å². The third-order valence-electron chi connectivity index (χ3n) is 5.02. The number of nitriles is 1. The van der Waals surface area contributed by atoms with E-state index in [1.165, 1.54) is 16.9 Å². The van der Waals surface area contributed by atoms with E-state index in [2.05, 4.69) is 11.1 Å². The van der Waals surface area contributed by atoms with E-state index >= 15 is 0 Å². The normalized spacial score (nSPS) is 11.6. The number of benzene rings is 2. The van der Waals surface area contributed by atoms with Crippen molar-refractivity contribution in [2.45, 2.75) is 6.92 Å². The van der Waals surface area contributed by atoms with Gasteiger partial charge in [-0.15, -0.1) is 11.3 Å². The van der Waals surface area contributed by atoms with Crippen molar-refractivity contribution >= 4 is 34.0 Å². The quantitative estimate of drug-likeness (QED) is 0.236. The molecule has 0 atom stereocenters. The lowest BCUT2D eigenvalue weighted by Gasteiger charge is -1.99. The molecule has 154 valence electrons. The van der Waals surface area contributed by atoms with Crippen molar-refractivity contribution < 1.29 is 8.83 Å². The predicted molar refractivity (Wildman–Crippen MR) is 126 cm³/mol. The van der Waals surface area contributed by atoms with E-state index in [-0.39, 0.29) is 0 Å². The van der Waals surface area contributed by atoms with Gasteiger partial charge in [-0.3, -0.25) is 0 Å². The lowest BCUT2D eigenvalue weighted by molar-refractivity contribution is 0.563. The first-order valence-electron chi connectivity index (χ1n) is 9.88. The molecule has 3 heterocycles. The Hall–Kier alpha value is -4.21. The Morgan fingerprint density at radius 2 is 1.88 bits per heavy atom. The van der Waals surface area contributed by atoms with E-state index in [0.29, 0.717) is 33.2 Å². The summed E-state index contributed by atoms with van der Waals surface area (Å²) in [4.78, 5) is 17.0. The second kappa shape index (κ2) is 8.14. The third kappa shape index (κ3) is 3.78. The molecule has 0 aliphatic heterocycles. The molecule has 0 bridgehead atoms. The average molecular weight is 436 g/mol. The SMILES string of the molecule is Cc1ccc(-c2ccc(/C=C(\C#N)c3nc(-c4cc5ccccc5oc4=O)cs3)o2)cc1. The molecule has 0 saturated heterocycles. The van der Waals surface area contributed by atoms with Crippen LogP contribution in [-0.4, -0.2) is 4.98 Å². The van der Waals surface area contributed by atoms with Crippen LogP contribution in [-0.2, 0) is 0 Å². The fraction of sp³-hybridized carbons (Fsp3) is 0.0385. The third-order valence-corrected chi connectivity index (χ3v) is 5.90. The Labute approximate surface area is 187 Å². The van der Waals surface area contributed by atoms with Crippen molar-refractivity contribution in [1.82, 2.24) is 4.98 Å². The van der Waals surface area contributed by atoms with Gasteiger partial charge in [0.2, 0.25) is 0 Å². The maximum Gasteiger partial charge on any atom is 0.345 e. The average Bonchev–Trinajstić information content (AvgIpc) is 3.47. The number of rotatable bonds is 4. The number of hydrogen-bond donors (Lipinski definition) is 0. The van der Waals surface area contributed by atoms with Gasteiger partial charge in [0, 0.05) is 22.4 Å². The van der Waals surface area contributed by atoms with Crippen LogP contribution >= 0.6 is 11.3 Å². The van der Waals surface area contributed by atoms with Crippen LogP contribution < -0.4 is 5.63 Å². The van der Waals surface area contributed by atoms with E-state index in [4.69, 9.17) is 8.83 Å². The van der Waals surface area contributed by atoms with Crippen molar-refractivity contribution in [3.8, 4) is 28.7 Å².